The molecule has 0 spiro atoms. The average Bonchev–Trinajstić information content (AvgIpc) is 2.93. The normalized spacial score (nSPS) is 13.4. The molecule has 0 fully saturated rings. The second kappa shape index (κ2) is 15.3. The lowest BCUT2D eigenvalue weighted by molar-refractivity contribution is 0.110. The van der Waals surface area contributed by atoms with Gasteiger partial charge in [0.25, 0.3) is 8.32 Å². The summed E-state index contributed by atoms with van der Waals surface area (Å²) in [6.07, 6.45) is 0. The maximum atomic E-state index is 13.3. The van der Waals surface area contributed by atoms with Crippen LogP contribution in [0.1, 0.15) is 40.2 Å². The summed E-state index contributed by atoms with van der Waals surface area (Å²) in [7, 11) is -5.93. The zero-order valence-electron chi connectivity index (χ0n) is 23.9. The van der Waals surface area contributed by atoms with Crippen molar-refractivity contribution >= 4 is 38.0 Å². The topological polar surface area (TPSA) is 54.0 Å². The van der Waals surface area contributed by atoms with Crippen molar-refractivity contribution in [2.45, 2.75) is 51.5 Å². The smallest absolute Gasteiger partial charge is 0.340 e. The van der Waals surface area contributed by atoms with E-state index in [-0.39, 0.29) is 15.8 Å². The molecule has 1 unspecified atom stereocenters. The van der Waals surface area contributed by atoms with Crippen LogP contribution in [0.5, 0.6) is 0 Å². The molecule has 0 aromatic heterocycles. The molecule has 0 amide bonds. The van der Waals surface area contributed by atoms with E-state index in [0.717, 1.165) is 5.56 Å². The lowest BCUT2D eigenvalue weighted by Gasteiger charge is -2.43. The maximum absolute atomic E-state index is 13.3. The van der Waals surface area contributed by atoms with E-state index in [4.69, 9.17) is 18.2 Å². The van der Waals surface area contributed by atoms with Crippen LogP contribution in [0.3, 0.4) is 0 Å². The van der Waals surface area contributed by atoms with Crippen LogP contribution in [-0.4, -0.2) is 45.5 Å². The van der Waals surface area contributed by atoms with E-state index in [2.05, 4.69) is 81.4 Å². The number of thioether (sulfide) groups is 1. The van der Waals surface area contributed by atoms with Gasteiger partial charge in [-0.15, -0.1) is 11.8 Å². The van der Waals surface area contributed by atoms with Gasteiger partial charge >= 0.3 is 7.60 Å². The summed E-state index contributed by atoms with van der Waals surface area (Å²) >= 11 is 1.54. The monoisotopic (exact) mass is 586 g/mol. The molecule has 0 aliphatic heterocycles. The van der Waals surface area contributed by atoms with Gasteiger partial charge in [-0.1, -0.05) is 112 Å². The highest BCUT2D eigenvalue weighted by Gasteiger charge is 2.50. The van der Waals surface area contributed by atoms with Crippen LogP contribution < -0.4 is 10.4 Å². The summed E-state index contributed by atoms with van der Waals surface area (Å²) in [6.45, 7) is 12.6. The molecule has 0 saturated carbocycles. The van der Waals surface area contributed by atoms with Gasteiger partial charge in [0, 0.05) is 6.61 Å². The van der Waals surface area contributed by atoms with Crippen LogP contribution in [0.25, 0.3) is 0 Å². The largest absolute Gasteiger partial charge is 0.406 e. The van der Waals surface area contributed by atoms with Gasteiger partial charge in [0.2, 0.25) is 0 Å². The van der Waals surface area contributed by atoms with Crippen molar-refractivity contribution in [1.82, 2.24) is 0 Å². The van der Waals surface area contributed by atoms with Crippen molar-refractivity contribution in [2.24, 2.45) is 0 Å². The Morgan fingerprint density at radius 2 is 1.26 bits per heavy atom. The van der Waals surface area contributed by atoms with Crippen molar-refractivity contribution < 1.29 is 22.8 Å². The third-order valence-electron chi connectivity index (χ3n) is 6.44. The third-order valence-corrected chi connectivity index (χ3v) is 15.4. The van der Waals surface area contributed by atoms with Crippen molar-refractivity contribution in [3.63, 3.8) is 0 Å². The zero-order valence-corrected chi connectivity index (χ0v) is 26.6. The Morgan fingerprint density at radius 3 is 1.72 bits per heavy atom. The molecule has 3 aromatic rings. The number of rotatable bonds is 16. The van der Waals surface area contributed by atoms with Crippen LogP contribution in [0.4, 0.5) is 0 Å². The molecule has 0 bridgehead atoms. The molecule has 5 nitrogen and oxygen atoms in total. The Bertz CT molecular complexity index is 1090. The van der Waals surface area contributed by atoms with Gasteiger partial charge in [-0.05, 0) is 34.8 Å². The Morgan fingerprint density at radius 1 is 0.769 bits per heavy atom. The van der Waals surface area contributed by atoms with Crippen LogP contribution in [-0.2, 0) is 29.4 Å². The summed E-state index contributed by atoms with van der Waals surface area (Å²) in [5, 5.41) is 2.25. The maximum Gasteiger partial charge on any atom is 0.340 e. The molecule has 8 heteroatoms. The first kappa shape index (κ1) is 31.8. The number of benzene rings is 3. The first-order chi connectivity index (χ1) is 18.7. The van der Waals surface area contributed by atoms with Crippen LogP contribution >= 0.6 is 19.4 Å². The first-order valence-corrected chi connectivity index (χ1v) is 18.3. The third kappa shape index (κ3) is 8.89. The number of hydrogen-bond donors (Lipinski definition) is 0. The van der Waals surface area contributed by atoms with Crippen molar-refractivity contribution in [3.05, 3.63) is 96.6 Å². The second-order valence-electron chi connectivity index (χ2n) is 10.3. The highest BCUT2D eigenvalue weighted by Crippen LogP contribution is 2.51. The predicted molar refractivity (Wildman–Crippen MR) is 167 cm³/mol. The Labute approximate surface area is 240 Å². The lowest BCUT2D eigenvalue weighted by atomic mass is 10.2. The molecule has 0 saturated heterocycles. The molecule has 39 heavy (non-hydrogen) atoms. The fourth-order valence-corrected chi connectivity index (χ4v) is 12.8. The van der Waals surface area contributed by atoms with Crippen molar-refractivity contribution in [2.75, 3.05) is 31.9 Å². The van der Waals surface area contributed by atoms with Gasteiger partial charge < -0.3 is 18.2 Å². The fraction of sp³-hybridized carbons (Fsp3) is 0.419. The van der Waals surface area contributed by atoms with E-state index in [1.807, 2.05) is 44.2 Å². The van der Waals surface area contributed by atoms with Gasteiger partial charge in [0.05, 0.1) is 37.2 Å². The predicted octanol–water partition coefficient (Wildman–Crippen LogP) is 7.11. The molecule has 0 heterocycles. The molecular weight excluding hydrogens is 543 g/mol. The van der Waals surface area contributed by atoms with Crippen molar-refractivity contribution in [3.8, 4) is 0 Å². The van der Waals surface area contributed by atoms with E-state index in [1.54, 1.807) is 11.8 Å². The summed E-state index contributed by atoms with van der Waals surface area (Å²) in [6, 6.07) is 31.3. The quantitative estimate of drug-likeness (QED) is 0.132. The highest BCUT2D eigenvalue weighted by atomic mass is 32.2. The van der Waals surface area contributed by atoms with Gasteiger partial charge in [-0.3, -0.25) is 4.57 Å². The Balaban J connectivity index is 1.89. The summed E-state index contributed by atoms with van der Waals surface area (Å²) in [4.78, 5) is 0. The molecule has 0 N–H and O–H groups in total. The summed E-state index contributed by atoms with van der Waals surface area (Å²) < 4.78 is 37.8. The van der Waals surface area contributed by atoms with E-state index in [1.165, 1.54) is 10.4 Å². The first-order valence-electron chi connectivity index (χ1n) is 13.6. The minimum absolute atomic E-state index is 0.0652. The summed E-state index contributed by atoms with van der Waals surface area (Å²) in [5.74, 6) is 0. The second-order valence-corrected chi connectivity index (χ2v) is 18.4. The van der Waals surface area contributed by atoms with E-state index in [0.29, 0.717) is 33.0 Å². The van der Waals surface area contributed by atoms with Crippen LogP contribution in [0.15, 0.2) is 91.0 Å². The van der Waals surface area contributed by atoms with Crippen LogP contribution in [0.2, 0.25) is 5.04 Å². The number of hydrogen-bond acceptors (Lipinski definition) is 6. The van der Waals surface area contributed by atoms with Gasteiger partial charge in [-0.2, -0.15) is 0 Å². The fourth-order valence-electron chi connectivity index (χ4n) is 4.71. The molecular formula is C31H43O5PSSi. The molecule has 1 atom stereocenters. The molecule has 0 radical (unpaired) electrons. The minimum Gasteiger partial charge on any atom is -0.406 e. The Kier molecular flexibility index (Phi) is 12.5. The van der Waals surface area contributed by atoms with Crippen molar-refractivity contribution in [1.29, 1.82) is 0 Å². The standard InChI is InChI=1S/C31H43O5PSSi/c1-6-34-37(32,35-7-2)26-38-28(24-33-23-27-17-11-8-12-18-27)25-36-39(31(3,4)5,29-19-13-9-14-20-29)30-21-15-10-16-22-30/h8-22,28H,6-7,23-26H2,1-5H3. The van der Waals surface area contributed by atoms with E-state index in [9.17, 15) is 4.57 Å². The van der Waals surface area contributed by atoms with Gasteiger partial charge in [0.1, 0.15) is 0 Å². The van der Waals surface area contributed by atoms with Gasteiger partial charge in [0.15, 0.2) is 0 Å². The van der Waals surface area contributed by atoms with E-state index < -0.39 is 15.9 Å². The zero-order chi connectivity index (χ0) is 28.2. The molecule has 0 aliphatic rings. The Hall–Kier alpha value is -1.70. The summed E-state index contributed by atoms with van der Waals surface area (Å²) in [5.41, 5.74) is 1.36. The SMILES string of the molecule is CCOP(=O)(CSC(COCc1ccccc1)CO[Si](c1ccccc1)(c1ccccc1)C(C)(C)C)OCC. The van der Waals surface area contributed by atoms with Gasteiger partial charge in [-0.25, -0.2) is 0 Å². The minimum atomic E-state index is -3.21. The highest BCUT2D eigenvalue weighted by molar-refractivity contribution is 8.05. The molecule has 3 aromatic carbocycles. The molecule has 0 aliphatic carbocycles. The van der Waals surface area contributed by atoms with E-state index >= 15 is 0 Å². The molecule has 212 valence electrons. The lowest BCUT2D eigenvalue weighted by Crippen LogP contribution is -2.67. The van der Waals surface area contributed by atoms with Crippen LogP contribution in [0, 0.1) is 0 Å². The molecule has 3 rings (SSSR count). The number of ether oxygens (including phenoxy) is 1. The average molecular weight is 587 g/mol.